The summed E-state index contributed by atoms with van der Waals surface area (Å²) in [5.41, 5.74) is 2.20. The summed E-state index contributed by atoms with van der Waals surface area (Å²) in [4.78, 5) is 4.21. The third kappa shape index (κ3) is 2.90. The molecule has 0 unspecified atom stereocenters. The molecule has 2 heterocycles. The molecule has 0 saturated heterocycles. The molecule has 6 nitrogen and oxygen atoms in total. The lowest BCUT2D eigenvalue weighted by atomic mass is 10.1. The van der Waals surface area contributed by atoms with E-state index in [1.807, 2.05) is 20.8 Å². The van der Waals surface area contributed by atoms with Crippen LogP contribution in [0.4, 0.5) is 0 Å². The van der Waals surface area contributed by atoms with E-state index >= 15 is 0 Å². The Morgan fingerprint density at radius 2 is 2.11 bits per heavy atom. The maximum absolute atomic E-state index is 9.18. The molecule has 0 amide bonds. The highest BCUT2D eigenvalue weighted by Gasteiger charge is 2.13. The zero-order valence-electron chi connectivity index (χ0n) is 11.0. The number of hydrogen-bond donors (Lipinski definition) is 0. The third-order valence-electron chi connectivity index (χ3n) is 2.68. The zero-order valence-corrected chi connectivity index (χ0v) is 11.8. The van der Waals surface area contributed by atoms with Crippen molar-refractivity contribution in [1.82, 2.24) is 20.3 Å². The predicted molar refractivity (Wildman–Crippen MR) is 69.5 cm³/mol. The van der Waals surface area contributed by atoms with Crippen molar-refractivity contribution in [2.45, 2.75) is 38.0 Å². The van der Waals surface area contributed by atoms with Crippen LogP contribution >= 0.6 is 11.8 Å². The van der Waals surface area contributed by atoms with Gasteiger partial charge >= 0.3 is 0 Å². The van der Waals surface area contributed by atoms with E-state index in [9.17, 15) is 5.26 Å². The van der Waals surface area contributed by atoms with Crippen molar-refractivity contribution in [3.63, 3.8) is 0 Å². The van der Waals surface area contributed by atoms with Crippen molar-refractivity contribution in [3.8, 4) is 6.07 Å². The van der Waals surface area contributed by atoms with Crippen LogP contribution in [-0.4, -0.2) is 20.3 Å². The molecule has 0 saturated carbocycles. The Morgan fingerprint density at radius 1 is 1.32 bits per heavy atom. The zero-order chi connectivity index (χ0) is 13.8. The lowest BCUT2D eigenvalue weighted by Crippen LogP contribution is -1.99. The maximum Gasteiger partial charge on any atom is 0.226 e. The summed E-state index contributed by atoms with van der Waals surface area (Å²) in [5.74, 6) is 1.73. The second-order valence-corrected chi connectivity index (χ2v) is 4.91. The lowest BCUT2D eigenvalue weighted by molar-refractivity contribution is 0.378. The minimum absolute atomic E-state index is 0.509. The number of nitriles is 1. The van der Waals surface area contributed by atoms with Crippen molar-refractivity contribution >= 4 is 11.8 Å². The molecule has 0 aliphatic rings. The normalized spacial score (nSPS) is 10.4. The average molecular weight is 275 g/mol. The Kier molecular flexibility index (Phi) is 4.12. The quantitative estimate of drug-likeness (QED) is 0.790. The molecule has 0 aliphatic carbocycles. The molecule has 0 fully saturated rings. The van der Waals surface area contributed by atoms with Crippen molar-refractivity contribution < 1.29 is 4.52 Å². The SMILES string of the molecule is CCc1nc(CSc2nnc(C)c(C)c2C#N)no1. The van der Waals surface area contributed by atoms with Gasteiger partial charge in [-0.25, -0.2) is 0 Å². The number of rotatable bonds is 4. The van der Waals surface area contributed by atoms with Gasteiger partial charge < -0.3 is 4.52 Å². The summed E-state index contributed by atoms with van der Waals surface area (Å²) in [7, 11) is 0. The van der Waals surface area contributed by atoms with E-state index in [4.69, 9.17) is 4.52 Å². The standard InChI is InChI=1S/C12H13N5OS/c1-4-11-14-10(17-18-11)6-19-12-9(5-13)7(2)8(3)15-16-12/h4,6H2,1-3H3. The second kappa shape index (κ2) is 5.80. The van der Waals surface area contributed by atoms with Crippen LogP contribution in [0.25, 0.3) is 0 Å². The molecule has 0 aromatic carbocycles. The fourth-order valence-corrected chi connectivity index (χ4v) is 2.27. The molecule has 0 bridgehead atoms. The van der Waals surface area contributed by atoms with E-state index in [0.29, 0.717) is 34.5 Å². The van der Waals surface area contributed by atoms with Crippen molar-refractivity contribution in [2.75, 3.05) is 0 Å². The topological polar surface area (TPSA) is 88.5 Å². The van der Waals surface area contributed by atoms with Crippen LogP contribution in [0.5, 0.6) is 0 Å². The number of aromatic nitrogens is 4. The molecule has 0 radical (unpaired) electrons. The highest BCUT2D eigenvalue weighted by atomic mass is 32.2. The number of nitrogens with zero attached hydrogens (tertiary/aromatic N) is 5. The summed E-state index contributed by atoms with van der Waals surface area (Å²) >= 11 is 1.39. The first-order valence-corrected chi connectivity index (χ1v) is 6.82. The Bertz CT molecular complexity index is 632. The van der Waals surface area contributed by atoms with Crippen LogP contribution in [-0.2, 0) is 12.2 Å². The van der Waals surface area contributed by atoms with Crippen LogP contribution < -0.4 is 0 Å². The minimum atomic E-state index is 0.509. The highest BCUT2D eigenvalue weighted by Crippen LogP contribution is 2.25. The van der Waals surface area contributed by atoms with Crippen LogP contribution in [0.3, 0.4) is 0 Å². The monoisotopic (exact) mass is 275 g/mol. The van der Waals surface area contributed by atoms with Gasteiger partial charge in [0, 0.05) is 6.42 Å². The fourth-order valence-electron chi connectivity index (χ4n) is 1.44. The van der Waals surface area contributed by atoms with Gasteiger partial charge in [0.25, 0.3) is 0 Å². The summed E-state index contributed by atoms with van der Waals surface area (Å²) in [5, 5.41) is 21.7. The average Bonchev–Trinajstić information content (AvgIpc) is 2.88. The molecule has 2 aromatic rings. The van der Waals surface area contributed by atoms with Gasteiger partial charge in [-0.3, -0.25) is 0 Å². The molecule has 0 spiro atoms. The summed E-state index contributed by atoms with van der Waals surface area (Å²) < 4.78 is 5.03. The van der Waals surface area contributed by atoms with E-state index in [1.54, 1.807) is 0 Å². The Balaban J connectivity index is 2.16. The van der Waals surface area contributed by atoms with Gasteiger partial charge in [0.05, 0.1) is 17.0 Å². The molecular weight excluding hydrogens is 262 g/mol. The van der Waals surface area contributed by atoms with Crippen molar-refractivity contribution in [3.05, 3.63) is 28.5 Å². The fraction of sp³-hybridized carbons (Fsp3) is 0.417. The predicted octanol–water partition coefficient (Wildman–Crippen LogP) is 2.20. The Hall–Kier alpha value is -1.94. The molecule has 0 aliphatic heterocycles. The van der Waals surface area contributed by atoms with E-state index in [-0.39, 0.29) is 0 Å². The van der Waals surface area contributed by atoms with Crippen LogP contribution in [0, 0.1) is 25.2 Å². The maximum atomic E-state index is 9.18. The van der Waals surface area contributed by atoms with E-state index in [0.717, 1.165) is 11.3 Å². The van der Waals surface area contributed by atoms with Gasteiger partial charge in [-0.2, -0.15) is 15.3 Å². The number of hydrogen-bond acceptors (Lipinski definition) is 7. The van der Waals surface area contributed by atoms with Gasteiger partial charge in [0.1, 0.15) is 11.1 Å². The number of thioether (sulfide) groups is 1. The number of aryl methyl sites for hydroxylation is 2. The highest BCUT2D eigenvalue weighted by molar-refractivity contribution is 7.98. The largest absolute Gasteiger partial charge is 0.339 e. The summed E-state index contributed by atoms with van der Waals surface area (Å²) in [6.45, 7) is 5.66. The van der Waals surface area contributed by atoms with Gasteiger partial charge in [0.15, 0.2) is 5.82 Å². The molecule has 7 heteroatoms. The second-order valence-electron chi connectivity index (χ2n) is 3.95. The first-order chi connectivity index (χ1) is 9.15. The Morgan fingerprint density at radius 3 is 2.74 bits per heavy atom. The molecule has 0 N–H and O–H groups in total. The Labute approximate surface area is 115 Å². The molecule has 0 atom stereocenters. The lowest BCUT2D eigenvalue weighted by Gasteiger charge is -2.04. The molecule has 2 rings (SSSR count). The van der Waals surface area contributed by atoms with Gasteiger partial charge in [-0.1, -0.05) is 23.8 Å². The minimum Gasteiger partial charge on any atom is -0.339 e. The van der Waals surface area contributed by atoms with Crippen LogP contribution in [0.2, 0.25) is 0 Å². The van der Waals surface area contributed by atoms with E-state index < -0.39 is 0 Å². The summed E-state index contributed by atoms with van der Waals surface area (Å²) in [6.07, 6.45) is 0.713. The third-order valence-corrected chi connectivity index (χ3v) is 3.65. The summed E-state index contributed by atoms with van der Waals surface area (Å²) in [6, 6.07) is 2.17. The van der Waals surface area contributed by atoms with Crippen LogP contribution in [0.15, 0.2) is 9.55 Å². The van der Waals surface area contributed by atoms with Crippen molar-refractivity contribution in [1.29, 1.82) is 5.26 Å². The molecule has 98 valence electrons. The van der Waals surface area contributed by atoms with Crippen LogP contribution in [0.1, 0.15) is 35.5 Å². The van der Waals surface area contributed by atoms with E-state index in [2.05, 4.69) is 26.4 Å². The van der Waals surface area contributed by atoms with Crippen molar-refractivity contribution in [2.24, 2.45) is 0 Å². The van der Waals surface area contributed by atoms with Gasteiger partial charge in [0.2, 0.25) is 5.89 Å². The first-order valence-electron chi connectivity index (χ1n) is 5.84. The smallest absolute Gasteiger partial charge is 0.226 e. The molecule has 2 aromatic heterocycles. The van der Waals surface area contributed by atoms with Gasteiger partial charge in [-0.05, 0) is 19.4 Å². The first kappa shape index (κ1) is 13.5. The molecular formula is C12H13N5OS. The molecule has 19 heavy (non-hydrogen) atoms. The van der Waals surface area contributed by atoms with E-state index in [1.165, 1.54) is 11.8 Å². The van der Waals surface area contributed by atoms with Gasteiger partial charge in [-0.15, -0.1) is 5.10 Å².